The second-order valence-electron chi connectivity index (χ2n) is 3.02. The zero-order chi connectivity index (χ0) is 9.84. The van der Waals surface area contributed by atoms with Crippen molar-refractivity contribution in [3.05, 3.63) is 24.2 Å². The van der Waals surface area contributed by atoms with Crippen LogP contribution in [0.5, 0.6) is 0 Å². The van der Waals surface area contributed by atoms with E-state index < -0.39 is 0 Å². The first kappa shape index (κ1) is 9.67. The molecule has 0 saturated carbocycles. The fourth-order valence-corrected chi connectivity index (χ4v) is 1.19. The van der Waals surface area contributed by atoms with Crippen molar-refractivity contribution in [2.75, 3.05) is 5.43 Å². The number of nitrogens with zero attached hydrogens (tertiary/aromatic N) is 2. The number of hydrogen-bond acceptors (Lipinski definition) is 4. The van der Waals surface area contributed by atoms with Gasteiger partial charge in [0.15, 0.2) is 5.82 Å². The van der Waals surface area contributed by atoms with Gasteiger partial charge in [0, 0.05) is 5.56 Å². The Hall–Kier alpha value is -1.42. The van der Waals surface area contributed by atoms with Crippen LogP contribution in [0.2, 0.25) is 0 Å². The van der Waals surface area contributed by atoms with Crippen LogP contribution < -0.4 is 11.3 Å². The van der Waals surface area contributed by atoms with E-state index in [0.29, 0.717) is 11.7 Å². The molecule has 1 heterocycles. The summed E-state index contributed by atoms with van der Waals surface area (Å²) in [4.78, 5) is 8.17. The molecule has 1 aromatic heterocycles. The van der Waals surface area contributed by atoms with E-state index in [-0.39, 0.29) is 0 Å². The number of nitrogen functional groups attached to an aromatic ring is 1. The van der Waals surface area contributed by atoms with Crippen LogP contribution in [-0.2, 0) is 0 Å². The van der Waals surface area contributed by atoms with E-state index in [4.69, 9.17) is 5.84 Å². The summed E-state index contributed by atoms with van der Waals surface area (Å²) in [5, 5.41) is 0. The van der Waals surface area contributed by atoms with Gasteiger partial charge in [-0.1, -0.05) is 26.5 Å². The topological polar surface area (TPSA) is 63.8 Å². The Kier molecular flexibility index (Phi) is 2.97. The van der Waals surface area contributed by atoms with Crippen LogP contribution in [0.25, 0.3) is 6.08 Å². The molecule has 4 nitrogen and oxygen atoms in total. The highest BCUT2D eigenvalue weighted by Gasteiger charge is 2.09. The van der Waals surface area contributed by atoms with E-state index >= 15 is 0 Å². The van der Waals surface area contributed by atoms with Gasteiger partial charge in [0.1, 0.15) is 6.33 Å². The molecule has 4 heteroatoms. The maximum Gasteiger partial charge on any atom is 0.150 e. The Balaban J connectivity index is 3.27. The molecule has 3 N–H and O–H groups in total. The summed E-state index contributed by atoms with van der Waals surface area (Å²) in [5.41, 5.74) is 4.35. The van der Waals surface area contributed by atoms with Gasteiger partial charge in [-0.05, 0) is 5.92 Å². The molecule has 0 atom stereocenters. The molecule has 0 spiro atoms. The number of hydrazine groups is 1. The van der Waals surface area contributed by atoms with Gasteiger partial charge < -0.3 is 5.43 Å². The molecule has 0 fully saturated rings. The summed E-state index contributed by atoms with van der Waals surface area (Å²) in [6, 6.07) is 0. The SMILES string of the molecule is C=Cc1c(NN)ncnc1C(C)C. The molecule has 0 aliphatic rings. The third-order valence-electron chi connectivity index (χ3n) is 1.80. The third-order valence-corrected chi connectivity index (χ3v) is 1.80. The van der Waals surface area contributed by atoms with Crippen molar-refractivity contribution in [2.24, 2.45) is 5.84 Å². The second-order valence-corrected chi connectivity index (χ2v) is 3.02. The van der Waals surface area contributed by atoms with Crippen LogP contribution in [0.3, 0.4) is 0 Å². The molecular weight excluding hydrogens is 164 g/mol. The molecule has 0 aromatic carbocycles. The van der Waals surface area contributed by atoms with Crippen LogP contribution in [-0.4, -0.2) is 9.97 Å². The van der Waals surface area contributed by atoms with Crippen molar-refractivity contribution in [1.82, 2.24) is 9.97 Å². The van der Waals surface area contributed by atoms with Gasteiger partial charge in [-0.3, -0.25) is 0 Å². The summed E-state index contributed by atoms with van der Waals surface area (Å²) in [5.74, 6) is 6.26. The summed E-state index contributed by atoms with van der Waals surface area (Å²) in [6.45, 7) is 7.84. The minimum atomic E-state index is 0.336. The standard InChI is InChI=1S/C9H14N4/c1-4-7-8(6(2)3)11-5-12-9(7)13-10/h4-6H,1,10H2,2-3H3,(H,11,12,13). The van der Waals surface area contributed by atoms with Crippen LogP contribution in [0.4, 0.5) is 5.82 Å². The predicted molar refractivity (Wildman–Crippen MR) is 54.0 cm³/mol. The van der Waals surface area contributed by atoms with E-state index in [9.17, 15) is 0 Å². The van der Waals surface area contributed by atoms with Crippen LogP contribution in [0.1, 0.15) is 31.0 Å². The Bertz CT molecular complexity index is 306. The first-order valence-electron chi connectivity index (χ1n) is 4.14. The Morgan fingerprint density at radius 3 is 2.69 bits per heavy atom. The molecule has 1 rings (SSSR count). The molecule has 0 bridgehead atoms. The molecule has 0 radical (unpaired) electrons. The van der Waals surface area contributed by atoms with E-state index in [0.717, 1.165) is 11.3 Å². The van der Waals surface area contributed by atoms with Gasteiger partial charge >= 0.3 is 0 Å². The number of hydrogen-bond donors (Lipinski definition) is 2. The summed E-state index contributed by atoms with van der Waals surface area (Å²) in [6.07, 6.45) is 3.21. The summed E-state index contributed by atoms with van der Waals surface area (Å²) < 4.78 is 0. The number of aromatic nitrogens is 2. The van der Waals surface area contributed by atoms with E-state index in [1.807, 2.05) is 0 Å². The van der Waals surface area contributed by atoms with Crippen molar-refractivity contribution in [3.8, 4) is 0 Å². The fraction of sp³-hybridized carbons (Fsp3) is 0.333. The number of nitrogens with two attached hydrogens (primary N) is 1. The van der Waals surface area contributed by atoms with Gasteiger partial charge in [-0.2, -0.15) is 0 Å². The average molecular weight is 178 g/mol. The summed E-state index contributed by atoms with van der Waals surface area (Å²) >= 11 is 0. The molecule has 0 saturated heterocycles. The van der Waals surface area contributed by atoms with Crippen molar-refractivity contribution < 1.29 is 0 Å². The maximum absolute atomic E-state index is 5.31. The molecule has 0 aliphatic carbocycles. The van der Waals surface area contributed by atoms with Gasteiger partial charge in [0.05, 0.1) is 5.69 Å². The van der Waals surface area contributed by atoms with Gasteiger partial charge in [-0.15, -0.1) is 0 Å². The first-order chi connectivity index (χ1) is 6.20. The number of nitrogens with one attached hydrogen (secondary N) is 1. The first-order valence-corrected chi connectivity index (χ1v) is 4.14. The Morgan fingerprint density at radius 2 is 2.23 bits per heavy atom. The molecule has 0 unspecified atom stereocenters. The smallest absolute Gasteiger partial charge is 0.150 e. The van der Waals surface area contributed by atoms with Crippen LogP contribution >= 0.6 is 0 Å². The molecule has 13 heavy (non-hydrogen) atoms. The molecule has 70 valence electrons. The minimum Gasteiger partial charge on any atom is -0.308 e. The lowest BCUT2D eigenvalue weighted by atomic mass is 10.0. The van der Waals surface area contributed by atoms with Crippen molar-refractivity contribution >= 4 is 11.9 Å². The monoisotopic (exact) mass is 178 g/mol. The Morgan fingerprint density at radius 1 is 1.54 bits per heavy atom. The number of rotatable bonds is 3. The zero-order valence-corrected chi connectivity index (χ0v) is 7.91. The highest BCUT2D eigenvalue weighted by atomic mass is 15.3. The average Bonchev–Trinajstić information content (AvgIpc) is 2.16. The highest BCUT2D eigenvalue weighted by Crippen LogP contribution is 2.22. The van der Waals surface area contributed by atoms with E-state index in [1.165, 1.54) is 6.33 Å². The van der Waals surface area contributed by atoms with Gasteiger partial charge in [0.25, 0.3) is 0 Å². The third kappa shape index (κ3) is 1.84. The van der Waals surface area contributed by atoms with Crippen LogP contribution in [0, 0.1) is 0 Å². The summed E-state index contributed by atoms with van der Waals surface area (Å²) in [7, 11) is 0. The molecular formula is C9H14N4. The lowest BCUT2D eigenvalue weighted by molar-refractivity contribution is 0.811. The van der Waals surface area contributed by atoms with Gasteiger partial charge in [0.2, 0.25) is 0 Å². The maximum atomic E-state index is 5.31. The highest BCUT2D eigenvalue weighted by molar-refractivity contribution is 5.63. The van der Waals surface area contributed by atoms with Gasteiger partial charge in [-0.25, -0.2) is 15.8 Å². The second kappa shape index (κ2) is 4.00. The molecule has 1 aromatic rings. The number of anilines is 1. The molecule has 0 amide bonds. The van der Waals surface area contributed by atoms with E-state index in [1.54, 1.807) is 6.08 Å². The largest absolute Gasteiger partial charge is 0.308 e. The minimum absolute atomic E-state index is 0.336. The van der Waals surface area contributed by atoms with Crippen molar-refractivity contribution in [1.29, 1.82) is 0 Å². The molecule has 0 aliphatic heterocycles. The van der Waals surface area contributed by atoms with E-state index in [2.05, 4.69) is 35.8 Å². The lowest BCUT2D eigenvalue weighted by Gasteiger charge is -2.11. The normalized spacial score (nSPS) is 10.2. The van der Waals surface area contributed by atoms with Crippen molar-refractivity contribution in [2.45, 2.75) is 19.8 Å². The van der Waals surface area contributed by atoms with Crippen molar-refractivity contribution in [3.63, 3.8) is 0 Å². The zero-order valence-electron chi connectivity index (χ0n) is 7.91. The Labute approximate surface area is 77.9 Å². The fourth-order valence-electron chi connectivity index (χ4n) is 1.19. The predicted octanol–water partition coefficient (Wildman–Crippen LogP) is 1.53. The van der Waals surface area contributed by atoms with Crippen LogP contribution in [0.15, 0.2) is 12.9 Å². The quantitative estimate of drug-likeness (QED) is 0.544. The lowest BCUT2D eigenvalue weighted by Crippen LogP contribution is -2.12.